The highest BCUT2D eigenvalue weighted by atomic mass is 19.1. The maximum Gasteiger partial charge on any atom is 0.141 e. The van der Waals surface area contributed by atoms with Gasteiger partial charge in [0, 0.05) is 13.0 Å². The lowest BCUT2D eigenvalue weighted by molar-refractivity contribution is 0.397. The first-order valence-corrected chi connectivity index (χ1v) is 6.24. The van der Waals surface area contributed by atoms with E-state index in [0.717, 1.165) is 37.1 Å². The number of nitrogens with zero attached hydrogens (tertiary/aromatic N) is 5. The van der Waals surface area contributed by atoms with Crippen LogP contribution < -0.4 is 0 Å². The molecule has 0 amide bonds. The topological polar surface area (TPSA) is 69.5 Å². The van der Waals surface area contributed by atoms with Crippen molar-refractivity contribution in [1.29, 1.82) is 0 Å². The lowest BCUT2D eigenvalue weighted by Gasteiger charge is -2.22. The molecular weight excluding hydrogens is 259 g/mol. The van der Waals surface area contributed by atoms with Gasteiger partial charge < -0.3 is 9.88 Å². The minimum Gasteiger partial charge on any atom is -0.355 e. The fourth-order valence-electron chi connectivity index (χ4n) is 1.99. The quantitative estimate of drug-likeness (QED) is 0.521. The van der Waals surface area contributed by atoms with E-state index in [1.165, 1.54) is 12.3 Å². The van der Waals surface area contributed by atoms with E-state index in [4.69, 9.17) is 0 Å². The minimum atomic E-state index is -0.366. The van der Waals surface area contributed by atoms with Crippen molar-refractivity contribution in [1.82, 2.24) is 19.9 Å². The molecule has 0 spiro atoms. The molecule has 0 atom stereocenters. The third-order valence-corrected chi connectivity index (χ3v) is 3.03. The van der Waals surface area contributed by atoms with Crippen LogP contribution in [0.4, 0.5) is 4.39 Å². The largest absolute Gasteiger partial charge is 0.355 e. The monoisotopic (exact) mass is 272 g/mol. The molecule has 0 fully saturated rings. The molecule has 0 bridgehead atoms. The Hall–Kier alpha value is -2.57. The molecule has 0 saturated carbocycles. The molecule has 6 nitrogen and oxygen atoms in total. The molecule has 0 aliphatic carbocycles. The number of aromatic amines is 1. The number of H-pyrrole nitrogens is 1. The summed E-state index contributed by atoms with van der Waals surface area (Å²) in [6.45, 7) is 1.62. The molecule has 20 heavy (non-hydrogen) atoms. The van der Waals surface area contributed by atoms with Gasteiger partial charge in [-0.2, -0.15) is 5.10 Å². The summed E-state index contributed by atoms with van der Waals surface area (Å²) in [6, 6.07) is 2.88. The Morgan fingerprint density at radius 2 is 2.25 bits per heavy atom. The van der Waals surface area contributed by atoms with Gasteiger partial charge in [-0.1, -0.05) is 0 Å². The van der Waals surface area contributed by atoms with Gasteiger partial charge >= 0.3 is 0 Å². The van der Waals surface area contributed by atoms with Crippen LogP contribution in [0.25, 0.3) is 0 Å². The molecule has 1 aliphatic heterocycles. The standard InChI is InChI=1S/C13H13FN6/c14-10-1-2-11(15-5-10)6-18-19-9-20-4-3-12-13(7-20)17-8-16-12/h1-2,5-6,8-9H,3-4,7H2,(H,16,17). The van der Waals surface area contributed by atoms with Gasteiger partial charge in [0.1, 0.15) is 12.2 Å². The van der Waals surface area contributed by atoms with Crippen LogP contribution in [0, 0.1) is 5.82 Å². The van der Waals surface area contributed by atoms with Crippen molar-refractivity contribution in [2.45, 2.75) is 13.0 Å². The number of halogens is 1. The molecule has 0 aromatic carbocycles. The summed E-state index contributed by atoms with van der Waals surface area (Å²) in [7, 11) is 0. The van der Waals surface area contributed by atoms with Crippen LogP contribution in [0.1, 0.15) is 17.1 Å². The first-order chi connectivity index (χ1) is 9.81. The summed E-state index contributed by atoms with van der Waals surface area (Å²) < 4.78 is 12.7. The predicted octanol–water partition coefficient (Wildman–Crippen LogP) is 1.36. The van der Waals surface area contributed by atoms with Crippen molar-refractivity contribution in [2.24, 2.45) is 10.2 Å². The predicted molar refractivity (Wildman–Crippen MR) is 73.0 cm³/mol. The van der Waals surface area contributed by atoms with E-state index in [1.54, 1.807) is 18.7 Å². The molecule has 7 heteroatoms. The maximum atomic E-state index is 12.7. The van der Waals surface area contributed by atoms with Gasteiger partial charge in [-0.25, -0.2) is 9.37 Å². The summed E-state index contributed by atoms with van der Waals surface area (Å²) in [5.41, 5.74) is 2.80. The average Bonchev–Trinajstić information content (AvgIpc) is 2.93. The fourth-order valence-corrected chi connectivity index (χ4v) is 1.99. The van der Waals surface area contributed by atoms with Crippen LogP contribution in [0.5, 0.6) is 0 Å². The number of imidazole rings is 1. The number of fused-ring (bicyclic) bond motifs is 1. The van der Waals surface area contributed by atoms with Crippen LogP contribution in [0.15, 0.2) is 34.9 Å². The van der Waals surface area contributed by atoms with E-state index >= 15 is 0 Å². The highest BCUT2D eigenvalue weighted by molar-refractivity contribution is 5.77. The van der Waals surface area contributed by atoms with Crippen molar-refractivity contribution < 1.29 is 4.39 Å². The fraction of sp³-hybridized carbons (Fsp3) is 0.231. The van der Waals surface area contributed by atoms with Crippen molar-refractivity contribution in [2.75, 3.05) is 6.54 Å². The molecule has 0 saturated heterocycles. The molecule has 3 rings (SSSR count). The minimum absolute atomic E-state index is 0.366. The summed E-state index contributed by atoms with van der Waals surface area (Å²) in [4.78, 5) is 13.3. The second-order valence-corrected chi connectivity index (χ2v) is 4.43. The van der Waals surface area contributed by atoms with Gasteiger partial charge in [-0.15, -0.1) is 5.10 Å². The number of nitrogens with one attached hydrogen (secondary N) is 1. The van der Waals surface area contributed by atoms with Crippen LogP contribution in [0.3, 0.4) is 0 Å². The third kappa shape index (κ3) is 2.87. The summed E-state index contributed by atoms with van der Waals surface area (Å²) in [6.07, 6.45) is 6.93. The lowest BCUT2D eigenvalue weighted by Crippen LogP contribution is -2.29. The summed E-state index contributed by atoms with van der Waals surface area (Å²) in [5.74, 6) is -0.366. The highest BCUT2D eigenvalue weighted by Gasteiger charge is 2.15. The van der Waals surface area contributed by atoms with Crippen molar-refractivity contribution >= 4 is 12.6 Å². The maximum absolute atomic E-state index is 12.7. The first-order valence-electron chi connectivity index (χ1n) is 6.24. The molecule has 102 valence electrons. The van der Waals surface area contributed by atoms with Gasteiger partial charge in [0.2, 0.25) is 0 Å². The van der Waals surface area contributed by atoms with Crippen molar-refractivity contribution in [3.05, 3.63) is 47.6 Å². The Labute approximate surface area is 115 Å². The van der Waals surface area contributed by atoms with Crippen LogP contribution in [-0.4, -0.2) is 38.9 Å². The molecule has 1 N–H and O–H groups in total. The molecule has 2 aromatic heterocycles. The molecular formula is C13H13FN6. The van der Waals surface area contributed by atoms with Gasteiger partial charge in [0.25, 0.3) is 0 Å². The van der Waals surface area contributed by atoms with E-state index < -0.39 is 0 Å². The Balaban J connectivity index is 1.57. The van der Waals surface area contributed by atoms with E-state index in [1.807, 2.05) is 0 Å². The van der Waals surface area contributed by atoms with Gasteiger partial charge in [0.05, 0.1) is 42.4 Å². The average molecular weight is 272 g/mol. The SMILES string of the molecule is Fc1ccc(C=NN=CN2CCc3nc[nH]c3C2)nc1. The Bertz CT molecular complexity index is 631. The normalized spacial score (nSPS) is 15.2. The van der Waals surface area contributed by atoms with Crippen LogP contribution in [-0.2, 0) is 13.0 Å². The molecule has 3 heterocycles. The Morgan fingerprint density at radius 3 is 3.10 bits per heavy atom. The zero-order valence-corrected chi connectivity index (χ0v) is 10.7. The smallest absolute Gasteiger partial charge is 0.141 e. The molecule has 0 radical (unpaired) electrons. The van der Waals surface area contributed by atoms with E-state index in [0.29, 0.717) is 5.69 Å². The van der Waals surface area contributed by atoms with E-state index in [9.17, 15) is 4.39 Å². The first kappa shape index (κ1) is 12.5. The summed E-state index contributed by atoms with van der Waals surface area (Å²) >= 11 is 0. The number of hydrogen-bond acceptors (Lipinski definition) is 4. The highest BCUT2D eigenvalue weighted by Crippen LogP contribution is 2.12. The van der Waals surface area contributed by atoms with Gasteiger partial charge in [-0.05, 0) is 12.1 Å². The molecule has 2 aromatic rings. The van der Waals surface area contributed by atoms with Gasteiger partial charge in [0.15, 0.2) is 0 Å². The van der Waals surface area contributed by atoms with E-state index in [-0.39, 0.29) is 5.82 Å². The Morgan fingerprint density at radius 1 is 1.30 bits per heavy atom. The van der Waals surface area contributed by atoms with Crippen LogP contribution in [0.2, 0.25) is 0 Å². The molecule has 1 aliphatic rings. The number of aromatic nitrogens is 3. The van der Waals surface area contributed by atoms with Crippen molar-refractivity contribution in [3.63, 3.8) is 0 Å². The summed E-state index contributed by atoms with van der Waals surface area (Å²) in [5, 5.41) is 7.87. The number of hydrogen-bond donors (Lipinski definition) is 1. The van der Waals surface area contributed by atoms with Gasteiger partial charge in [-0.3, -0.25) is 4.98 Å². The zero-order chi connectivity index (χ0) is 13.8. The second kappa shape index (κ2) is 5.60. The third-order valence-electron chi connectivity index (χ3n) is 3.03. The second-order valence-electron chi connectivity index (χ2n) is 4.43. The van der Waals surface area contributed by atoms with Crippen molar-refractivity contribution in [3.8, 4) is 0 Å². The molecule has 0 unspecified atom stereocenters. The Kier molecular flexibility index (Phi) is 3.49. The van der Waals surface area contributed by atoms with Crippen LogP contribution >= 0.6 is 0 Å². The van der Waals surface area contributed by atoms with E-state index in [2.05, 4.69) is 30.1 Å². The number of rotatable bonds is 3. The zero-order valence-electron chi connectivity index (χ0n) is 10.7. The lowest BCUT2D eigenvalue weighted by atomic mass is 10.2. The number of pyridine rings is 1.